The number of oxime groups is 1. The molecule has 66 valence electrons. The first kappa shape index (κ1) is 10.1. The highest BCUT2D eigenvalue weighted by molar-refractivity contribution is 5.77. The molecule has 0 aromatic heterocycles. The van der Waals surface area contributed by atoms with Crippen molar-refractivity contribution in [2.24, 2.45) is 10.9 Å². The molecule has 0 spiro atoms. The Hall–Kier alpha value is -0.930. The Morgan fingerprint density at radius 3 is 2.55 bits per heavy atom. The summed E-state index contributed by atoms with van der Waals surface area (Å²) in [7, 11) is 0. The number of nitrogens with two attached hydrogens (primary N) is 1. The highest BCUT2D eigenvalue weighted by atomic mass is 16.4. The van der Waals surface area contributed by atoms with Crippen molar-refractivity contribution >= 4 is 5.96 Å². The largest absolute Gasteiger partial charge is 0.408 e. The lowest BCUT2D eigenvalue weighted by atomic mass is 10.3. The summed E-state index contributed by atoms with van der Waals surface area (Å²) in [6.45, 7) is 5.74. The van der Waals surface area contributed by atoms with E-state index in [1.54, 1.807) is 0 Å². The smallest absolute Gasteiger partial charge is 0.233 e. The minimum atomic E-state index is 0.209. The Balaban J connectivity index is 3.75. The van der Waals surface area contributed by atoms with E-state index < -0.39 is 0 Å². The van der Waals surface area contributed by atoms with Crippen molar-refractivity contribution < 1.29 is 5.21 Å². The lowest BCUT2D eigenvalue weighted by Gasteiger charge is -2.19. The average molecular weight is 159 g/mol. The summed E-state index contributed by atoms with van der Waals surface area (Å²) in [5.41, 5.74) is 5.39. The Morgan fingerprint density at radius 2 is 2.18 bits per heavy atom. The van der Waals surface area contributed by atoms with Gasteiger partial charge < -0.3 is 15.8 Å². The average Bonchev–Trinajstić information content (AvgIpc) is 2.05. The van der Waals surface area contributed by atoms with E-state index >= 15 is 0 Å². The van der Waals surface area contributed by atoms with Gasteiger partial charge >= 0.3 is 0 Å². The van der Waals surface area contributed by atoms with Gasteiger partial charge in [-0.1, -0.05) is 18.5 Å². The van der Waals surface area contributed by atoms with Crippen LogP contribution < -0.4 is 5.73 Å². The molecule has 0 radical (unpaired) electrons. The molecule has 0 aliphatic carbocycles. The normalized spacial score (nSPS) is 11.6. The van der Waals surface area contributed by atoms with Crippen molar-refractivity contribution in [1.29, 1.82) is 0 Å². The zero-order valence-corrected chi connectivity index (χ0v) is 7.25. The van der Waals surface area contributed by atoms with Crippen LogP contribution in [0.3, 0.4) is 0 Å². The lowest BCUT2D eigenvalue weighted by molar-refractivity contribution is 0.298. The molecule has 0 rings (SSSR count). The maximum Gasteiger partial charge on any atom is 0.233 e. The van der Waals surface area contributed by atoms with E-state index in [4.69, 9.17) is 10.9 Å². The van der Waals surface area contributed by atoms with Crippen LogP contribution in [0.1, 0.15) is 26.7 Å². The SMILES string of the molecule is CCCCN(CC)C(N)=NO. The van der Waals surface area contributed by atoms with E-state index in [9.17, 15) is 0 Å². The highest BCUT2D eigenvalue weighted by Crippen LogP contribution is 1.93. The summed E-state index contributed by atoms with van der Waals surface area (Å²) in [6, 6.07) is 0. The van der Waals surface area contributed by atoms with Gasteiger partial charge in [-0.3, -0.25) is 0 Å². The predicted molar refractivity (Wildman–Crippen MR) is 45.6 cm³/mol. The predicted octanol–water partition coefficient (Wildman–Crippen LogP) is 0.812. The fraction of sp³-hybridized carbons (Fsp3) is 0.857. The molecule has 4 heteroatoms. The summed E-state index contributed by atoms with van der Waals surface area (Å²) in [6.07, 6.45) is 2.19. The molecule has 3 N–H and O–H groups in total. The van der Waals surface area contributed by atoms with Crippen molar-refractivity contribution in [3.05, 3.63) is 0 Å². The van der Waals surface area contributed by atoms with Crippen molar-refractivity contribution in [3.63, 3.8) is 0 Å². The first-order valence-electron chi connectivity index (χ1n) is 3.98. The molecule has 0 amide bonds. The Bertz CT molecular complexity index is 125. The van der Waals surface area contributed by atoms with Crippen LogP contribution in [0.15, 0.2) is 5.16 Å². The summed E-state index contributed by atoms with van der Waals surface area (Å²) < 4.78 is 0. The van der Waals surface area contributed by atoms with Crippen LogP contribution in [-0.2, 0) is 0 Å². The van der Waals surface area contributed by atoms with Crippen LogP contribution in [-0.4, -0.2) is 29.2 Å². The molecule has 0 atom stereocenters. The van der Waals surface area contributed by atoms with Gasteiger partial charge in [-0.2, -0.15) is 0 Å². The minimum absolute atomic E-state index is 0.209. The van der Waals surface area contributed by atoms with Crippen LogP contribution in [0.4, 0.5) is 0 Å². The zero-order valence-electron chi connectivity index (χ0n) is 7.25. The summed E-state index contributed by atoms with van der Waals surface area (Å²) >= 11 is 0. The van der Waals surface area contributed by atoms with Gasteiger partial charge in [0.05, 0.1) is 0 Å². The van der Waals surface area contributed by atoms with Crippen LogP contribution in [0.2, 0.25) is 0 Å². The maximum absolute atomic E-state index is 8.36. The molecule has 0 aromatic rings. The number of unbranched alkanes of at least 4 members (excludes halogenated alkanes) is 1. The molecule has 0 heterocycles. The molecule has 0 aliphatic rings. The number of nitrogens with zero attached hydrogens (tertiary/aromatic N) is 2. The molecule has 11 heavy (non-hydrogen) atoms. The summed E-state index contributed by atoms with van der Waals surface area (Å²) in [5.74, 6) is 0.209. The standard InChI is InChI=1S/C7H17N3O/c1-3-5-6-10(4-2)7(8)9-11/h11H,3-6H2,1-2H3,(H2,8,9). The van der Waals surface area contributed by atoms with Crippen LogP contribution in [0.5, 0.6) is 0 Å². The van der Waals surface area contributed by atoms with Gasteiger partial charge in [0.1, 0.15) is 0 Å². The van der Waals surface area contributed by atoms with E-state index in [0.717, 1.165) is 25.9 Å². The molecule has 0 saturated heterocycles. The summed E-state index contributed by atoms with van der Waals surface area (Å²) in [4.78, 5) is 1.84. The van der Waals surface area contributed by atoms with Crippen LogP contribution in [0.25, 0.3) is 0 Å². The molecule has 0 unspecified atom stereocenters. The van der Waals surface area contributed by atoms with E-state index in [-0.39, 0.29) is 5.96 Å². The van der Waals surface area contributed by atoms with E-state index in [1.807, 2.05) is 11.8 Å². The minimum Gasteiger partial charge on any atom is -0.408 e. The first-order valence-corrected chi connectivity index (χ1v) is 3.98. The number of guanidine groups is 1. The van der Waals surface area contributed by atoms with Crippen molar-refractivity contribution in [3.8, 4) is 0 Å². The van der Waals surface area contributed by atoms with Gasteiger partial charge in [0, 0.05) is 13.1 Å². The molecular weight excluding hydrogens is 142 g/mol. The second-order valence-corrected chi connectivity index (χ2v) is 2.39. The van der Waals surface area contributed by atoms with Gasteiger partial charge in [-0.05, 0) is 13.3 Å². The number of hydrogen-bond acceptors (Lipinski definition) is 2. The van der Waals surface area contributed by atoms with Crippen molar-refractivity contribution in [2.45, 2.75) is 26.7 Å². The van der Waals surface area contributed by atoms with Gasteiger partial charge in [0.25, 0.3) is 0 Å². The second kappa shape index (κ2) is 5.82. The molecule has 0 fully saturated rings. The Labute approximate surface area is 67.7 Å². The van der Waals surface area contributed by atoms with Gasteiger partial charge in [-0.15, -0.1) is 0 Å². The van der Waals surface area contributed by atoms with Crippen molar-refractivity contribution in [2.75, 3.05) is 13.1 Å². The Kier molecular flexibility index (Phi) is 5.33. The Morgan fingerprint density at radius 1 is 1.55 bits per heavy atom. The fourth-order valence-electron chi connectivity index (χ4n) is 0.847. The van der Waals surface area contributed by atoms with Gasteiger partial charge in [0.2, 0.25) is 5.96 Å². The van der Waals surface area contributed by atoms with E-state index in [1.165, 1.54) is 0 Å². The molecule has 0 aliphatic heterocycles. The number of hydrogen-bond donors (Lipinski definition) is 2. The van der Waals surface area contributed by atoms with Gasteiger partial charge in [0.15, 0.2) is 0 Å². The zero-order chi connectivity index (χ0) is 8.69. The van der Waals surface area contributed by atoms with E-state index in [0.29, 0.717) is 0 Å². The number of rotatable bonds is 4. The summed E-state index contributed by atoms with van der Waals surface area (Å²) in [5, 5.41) is 11.3. The fourth-order valence-corrected chi connectivity index (χ4v) is 0.847. The van der Waals surface area contributed by atoms with Crippen LogP contribution in [0, 0.1) is 0 Å². The quantitative estimate of drug-likeness (QED) is 0.276. The van der Waals surface area contributed by atoms with Crippen LogP contribution >= 0.6 is 0 Å². The highest BCUT2D eigenvalue weighted by Gasteiger charge is 2.03. The third kappa shape index (κ3) is 3.70. The molecule has 0 bridgehead atoms. The maximum atomic E-state index is 8.36. The monoisotopic (exact) mass is 159 g/mol. The first-order chi connectivity index (χ1) is 5.26. The lowest BCUT2D eigenvalue weighted by Crippen LogP contribution is -2.37. The second-order valence-electron chi connectivity index (χ2n) is 2.39. The molecular formula is C7H17N3O. The third-order valence-electron chi connectivity index (χ3n) is 1.59. The van der Waals surface area contributed by atoms with E-state index in [2.05, 4.69) is 12.1 Å². The topological polar surface area (TPSA) is 61.8 Å². The van der Waals surface area contributed by atoms with Gasteiger partial charge in [-0.25, -0.2) is 0 Å². The molecule has 0 saturated carbocycles. The van der Waals surface area contributed by atoms with Crippen molar-refractivity contribution in [1.82, 2.24) is 4.90 Å². The third-order valence-corrected chi connectivity index (χ3v) is 1.59. The molecule has 4 nitrogen and oxygen atoms in total. The molecule has 0 aromatic carbocycles.